The molecule has 0 aliphatic heterocycles. The molecule has 0 aromatic carbocycles. The van der Waals surface area contributed by atoms with Crippen LogP contribution in [0.4, 0.5) is 4.79 Å². The average Bonchev–Trinajstić information content (AvgIpc) is 2.30. The fraction of sp³-hybridized carbons (Fsp3) is 0.923. The van der Waals surface area contributed by atoms with Crippen molar-refractivity contribution in [2.75, 3.05) is 6.54 Å². The van der Waals surface area contributed by atoms with Gasteiger partial charge in [-0.2, -0.15) is 0 Å². The van der Waals surface area contributed by atoms with Crippen molar-refractivity contribution in [3.63, 3.8) is 0 Å². The predicted octanol–water partition coefficient (Wildman–Crippen LogP) is 3.28. The van der Waals surface area contributed by atoms with Crippen LogP contribution in [0.2, 0.25) is 0 Å². The highest BCUT2D eigenvalue weighted by Crippen LogP contribution is 2.22. The van der Waals surface area contributed by atoms with E-state index in [2.05, 4.69) is 6.92 Å². The highest BCUT2D eigenvalue weighted by molar-refractivity contribution is 5.72. The van der Waals surface area contributed by atoms with Gasteiger partial charge in [-0.15, -0.1) is 0 Å². The Kier molecular flexibility index (Phi) is 6.27. The van der Waals surface area contributed by atoms with Crippen molar-refractivity contribution in [2.24, 2.45) is 5.73 Å². The molecule has 1 aliphatic carbocycles. The van der Waals surface area contributed by atoms with Gasteiger partial charge in [0.15, 0.2) is 0 Å². The smallest absolute Gasteiger partial charge is 0.315 e. The first-order chi connectivity index (χ1) is 7.75. The molecule has 0 spiro atoms. The van der Waals surface area contributed by atoms with Crippen LogP contribution in [-0.2, 0) is 0 Å². The van der Waals surface area contributed by atoms with Crippen LogP contribution < -0.4 is 5.73 Å². The molecule has 0 radical (unpaired) electrons. The molecule has 0 heterocycles. The van der Waals surface area contributed by atoms with Gasteiger partial charge in [-0.05, 0) is 19.3 Å². The van der Waals surface area contributed by atoms with Crippen LogP contribution >= 0.6 is 0 Å². The summed E-state index contributed by atoms with van der Waals surface area (Å²) in [5.41, 5.74) is 5.47. The second kappa shape index (κ2) is 7.53. The summed E-state index contributed by atoms with van der Waals surface area (Å²) in [6.45, 7) is 3.06. The first kappa shape index (κ1) is 13.3. The quantitative estimate of drug-likeness (QED) is 0.694. The van der Waals surface area contributed by atoms with Gasteiger partial charge in [0.05, 0.1) is 0 Å². The van der Waals surface area contributed by atoms with E-state index in [4.69, 9.17) is 5.73 Å². The van der Waals surface area contributed by atoms with Crippen LogP contribution in [0.3, 0.4) is 0 Å². The summed E-state index contributed by atoms with van der Waals surface area (Å²) in [5.74, 6) is 0. The molecule has 1 saturated carbocycles. The molecule has 1 aliphatic rings. The maximum absolute atomic E-state index is 11.4. The van der Waals surface area contributed by atoms with Crippen molar-refractivity contribution in [2.45, 2.75) is 70.8 Å². The lowest BCUT2D eigenvalue weighted by atomic mass is 9.94. The zero-order valence-corrected chi connectivity index (χ0v) is 10.6. The normalized spacial score (nSPS) is 17.3. The van der Waals surface area contributed by atoms with Crippen LogP contribution in [-0.4, -0.2) is 23.5 Å². The molecule has 0 unspecified atom stereocenters. The number of urea groups is 1. The largest absolute Gasteiger partial charge is 0.351 e. The number of hydrogen-bond donors (Lipinski definition) is 1. The SMILES string of the molecule is CCCCCCN(C(N)=O)C1CCCCC1. The lowest BCUT2D eigenvalue weighted by Crippen LogP contribution is -2.45. The van der Waals surface area contributed by atoms with E-state index in [1.807, 2.05) is 4.90 Å². The molecule has 0 saturated heterocycles. The fourth-order valence-corrected chi connectivity index (χ4v) is 2.57. The van der Waals surface area contributed by atoms with Gasteiger partial charge in [-0.1, -0.05) is 45.4 Å². The molecule has 0 bridgehead atoms. The number of nitrogens with two attached hydrogens (primary N) is 1. The number of nitrogens with zero attached hydrogens (tertiary/aromatic N) is 1. The van der Waals surface area contributed by atoms with Gasteiger partial charge in [0.1, 0.15) is 0 Å². The third kappa shape index (κ3) is 4.42. The molecule has 2 N–H and O–H groups in total. The molecule has 3 nitrogen and oxygen atoms in total. The third-order valence-corrected chi connectivity index (χ3v) is 3.55. The minimum atomic E-state index is -0.219. The van der Waals surface area contributed by atoms with Crippen molar-refractivity contribution in [1.82, 2.24) is 4.90 Å². The zero-order valence-electron chi connectivity index (χ0n) is 10.6. The van der Waals surface area contributed by atoms with Gasteiger partial charge in [0.2, 0.25) is 0 Å². The molecule has 0 atom stereocenters. The molecule has 3 heteroatoms. The monoisotopic (exact) mass is 226 g/mol. The summed E-state index contributed by atoms with van der Waals surface area (Å²) in [6, 6.07) is 0.205. The molecule has 16 heavy (non-hydrogen) atoms. The minimum absolute atomic E-state index is 0.219. The topological polar surface area (TPSA) is 46.3 Å². The number of carbonyl (C=O) groups excluding carboxylic acids is 1. The van der Waals surface area contributed by atoms with Crippen LogP contribution in [0.15, 0.2) is 0 Å². The van der Waals surface area contributed by atoms with Crippen molar-refractivity contribution in [3.8, 4) is 0 Å². The standard InChI is InChI=1S/C13H26N2O/c1-2-3-4-8-11-15(13(14)16)12-9-6-5-7-10-12/h12H,2-11H2,1H3,(H2,14,16). The lowest BCUT2D eigenvalue weighted by molar-refractivity contribution is 0.162. The van der Waals surface area contributed by atoms with Gasteiger partial charge in [-0.3, -0.25) is 0 Å². The van der Waals surface area contributed by atoms with E-state index >= 15 is 0 Å². The average molecular weight is 226 g/mol. The summed E-state index contributed by atoms with van der Waals surface area (Å²) in [4.78, 5) is 13.3. The Labute approximate surface area is 99.4 Å². The van der Waals surface area contributed by atoms with Crippen molar-refractivity contribution >= 4 is 6.03 Å². The number of unbranched alkanes of at least 4 members (excludes halogenated alkanes) is 3. The Morgan fingerprint density at radius 2 is 1.88 bits per heavy atom. The number of amides is 2. The number of carbonyl (C=O) groups is 1. The Morgan fingerprint density at radius 1 is 1.19 bits per heavy atom. The number of hydrogen-bond acceptors (Lipinski definition) is 1. The second-order valence-electron chi connectivity index (χ2n) is 4.88. The predicted molar refractivity (Wildman–Crippen MR) is 67.3 cm³/mol. The van der Waals surface area contributed by atoms with E-state index in [9.17, 15) is 4.79 Å². The Morgan fingerprint density at radius 3 is 2.44 bits per heavy atom. The van der Waals surface area contributed by atoms with Crippen molar-refractivity contribution < 1.29 is 4.79 Å². The van der Waals surface area contributed by atoms with Crippen LogP contribution in [0, 0.1) is 0 Å². The molecule has 94 valence electrons. The van der Waals surface area contributed by atoms with Crippen molar-refractivity contribution in [1.29, 1.82) is 0 Å². The fourth-order valence-electron chi connectivity index (χ4n) is 2.57. The molecular weight excluding hydrogens is 200 g/mol. The highest BCUT2D eigenvalue weighted by atomic mass is 16.2. The molecule has 0 aromatic rings. The summed E-state index contributed by atoms with van der Waals surface area (Å²) in [5, 5.41) is 0. The Bertz CT molecular complexity index is 200. The first-order valence-corrected chi connectivity index (χ1v) is 6.81. The Balaban J connectivity index is 2.31. The van der Waals surface area contributed by atoms with Gasteiger partial charge in [0.25, 0.3) is 0 Å². The zero-order chi connectivity index (χ0) is 11.8. The van der Waals surface area contributed by atoms with Crippen LogP contribution in [0.1, 0.15) is 64.7 Å². The van der Waals surface area contributed by atoms with Gasteiger partial charge in [0, 0.05) is 12.6 Å². The van der Waals surface area contributed by atoms with E-state index in [0.29, 0.717) is 6.04 Å². The molecular formula is C13H26N2O. The summed E-state index contributed by atoms with van der Waals surface area (Å²) in [7, 11) is 0. The van der Waals surface area contributed by atoms with Crippen LogP contribution in [0.5, 0.6) is 0 Å². The minimum Gasteiger partial charge on any atom is -0.351 e. The maximum atomic E-state index is 11.4. The number of primary amides is 1. The van der Waals surface area contributed by atoms with Gasteiger partial charge in [-0.25, -0.2) is 4.79 Å². The Hall–Kier alpha value is -0.730. The molecule has 1 fully saturated rings. The van der Waals surface area contributed by atoms with Crippen molar-refractivity contribution in [3.05, 3.63) is 0 Å². The summed E-state index contributed by atoms with van der Waals surface area (Å²) >= 11 is 0. The first-order valence-electron chi connectivity index (χ1n) is 6.81. The third-order valence-electron chi connectivity index (χ3n) is 3.55. The summed E-state index contributed by atoms with van der Waals surface area (Å²) < 4.78 is 0. The second-order valence-corrected chi connectivity index (χ2v) is 4.88. The van der Waals surface area contributed by atoms with Crippen LogP contribution in [0.25, 0.3) is 0 Å². The maximum Gasteiger partial charge on any atom is 0.315 e. The van der Waals surface area contributed by atoms with E-state index in [-0.39, 0.29) is 6.03 Å². The van der Waals surface area contributed by atoms with Gasteiger partial charge >= 0.3 is 6.03 Å². The molecule has 0 aromatic heterocycles. The van der Waals surface area contributed by atoms with E-state index in [1.54, 1.807) is 0 Å². The number of rotatable bonds is 6. The molecule has 1 rings (SSSR count). The van der Waals surface area contributed by atoms with Gasteiger partial charge < -0.3 is 10.6 Å². The lowest BCUT2D eigenvalue weighted by Gasteiger charge is -2.33. The molecule has 2 amide bonds. The summed E-state index contributed by atoms with van der Waals surface area (Å²) in [6.07, 6.45) is 10.9. The van der Waals surface area contributed by atoms with E-state index in [0.717, 1.165) is 25.8 Å². The van der Waals surface area contributed by atoms with E-state index in [1.165, 1.54) is 38.5 Å². The highest BCUT2D eigenvalue weighted by Gasteiger charge is 2.22. The van der Waals surface area contributed by atoms with E-state index < -0.39 is 0 Å².